The first-order chi connectivity index (χ1) is 9.10. The van der Waals surface area contributed by atoms with Crippen LogP contribution in [0.1, 0.15) is 32.6 Å². The van der Waals surface area contributed by atoms with Crippen LogP contribution in [-0.4, -0.2) is 60.5 Å². The molecule has 0 aromatic carbocycles. The molecule has 3 rings (SSSR count). The van der Waals surface area contributed by atoms with Crippen molar-refractivity contribution in [3.8, 4) is 0 Å². The van der Waals surface area contributed by atoms with Gasteiger partial charge in [0.05, 0.1) is 0 Å². The average Bonchev–Trinajstić information content (AvgIpc) is 3.11. The summed E-state index contributed by atoms with van der Waals surface area (Å²) in [4.78, 5) is 27.6. The summed E-state index contributed by atoms with van der Waals surface area (Å²) in [6, 6.07) is 0. The van der Waals surface area contributed by atoms with E-state index in [9.17, 15) is 9.59 Å². The topological polar surface area (TPSA) is 49.9 Å². The molecule has 0 aromatic heterocycles. The zero-order valence-corrected chi connectivity index (χ0v) is 11.6. The Bertz CT molecular complexity index is 392. The normalized spacial score (nSPS) is 34.5. The first-order valence-electron chi connectivity index (χ1n) is 7.26. The maximum atomic E-state index is 12.3. The second-order valence-corrected chi connectivity index (χ2v) is 6.20. The smallest absolute Gasteiger partial charge is 0.251 e. The lowest BCUT2D eigenvalue weighted by Gasteiger charge is -2.25. The molecule has 2 atom stereocenters. The summed E-state index contributed by atoms with van der Waals surface area (Å²) in [5, 5.41) is 0. The molecule has 0 N–H and O–H groups in total. The second kappa shape index (κ2) is 4.78. The van der Waals surface area contributed by atoms with Crippen LogP contribution in [0.4, 0.5) is 0 Å². The third kappa shape index (κ3) is 2.36. The molecule has 0 aromatic rings. The van der Waals surface area contributed by atoms with E-state index in [-0.39, 0.29) is 23.3 Å². The fourth-order valence-electron chi connectivity index (χ4n) is 3.64. The van der Waals surface area contributed by atoms with Gasteiger partial charge >= 0.3 is 0 Å². The van der Waals surface area contributed by atoms with Crippen molar-refractivity contribution in [2.75, 3.05) is 32.8 Å². The van der Waals surface area contributed by atoms with Gasteiger partial charge in [-0.25, -0.2) is 0 Å². The van der Waals surface area contributed by atoms with Gasteiger partial charge in [-0.1, -0.05) is 0 Å². The molecule has 5 heteroatoms. The molecule has 0 unspecified atom stereocenters. The SMILES string of the molecule is CC(=O)N1CC[C@]2(CCN(C(=O)[C@@H]3CCCO3)C2)C1. The van der Waals surface area contributed by atoms with Gasteiger partial charge in [0.15, 0.2) is 0 Å². The summed E-state index contributed by atoms with van der Waals surface area (Å²) < 4.78 is 5.48. The van der Waals surface area contributed by atoms with E-state index in [2.05, 4.69) is 0 Å². The Balaban J connectivity index is 1.61. The Kier molecular flexibility index (Phi) is 3.25. The largest absolute Gasteiger partial charge is 0.368 e. The molecule has 3 fully saturated rings. The molecule has 3 saturated heterocycles. The lowest BCUT2D eigenvalue weighted by atomic mass is 9.86. The van der Waals surface area contributed by atoms with Gasteiger partial charge < -0.3 is 14.5 Å². The van der Waals surface area contributed by atoms with Gasteiger partial charge in [0, 0.05) is 45.1 Å². The molecule has 106 valence electrons. The minimum atomic E-state index is -0.208. The van der Waals surface area contributed by atoms with E-state index < -0.39 is 0 Å². The van der Waals surface area contributed by atoms with E-state index in [1.807, 2.05) is 9.80 Å². The molecule has 0 saturated carbocycles. The van der Waals surface area contributed by atoms with Crippen molar-refractivity contribution in [3.63, 3.8) is 0 Å². The highest BCUT2D eigenvalue weighted by atomic mass is 16.5. The summed E-state index contributed by atoms with van der Waals surface area (Å²) in [6.45, 7) is 5.63. The summed E-state index contributed by atoms with van der Waals surface area (Å²) in [5.74, 6) is 0.316. The maximum Gasteiger partial charge on any atom is 0.251 e. The highest BCUT2D eigenvalue weighted by molar-refractivity contribution is 5.81. The van der Waals surface area contributed by atoms with Crippen LogP contribution in [0.15, 0.2) is 0 Å². The number of rotatable bonds is 1. The Hall–Kier alpha value is -1.10. The fraction of sp³-hybridized carbons (Fsp3) is 0.857. The van der Waals surface area contributed by atoms with Crippen LogP contribution in [0.2, 0.25) is 0 Å². The van der Waals surface area contributed by atoms with Crippen molar-refractivity contribution in [3.05, 3.63) is 0 Å². The molecule has 3 aliphatic rings. The minimum absolute atomic E-state index is 0.153. The first kappa shape index (κ1) is 12.9. The predicted molar refractivity (Wildman–Crippen MR) is 69.5 cm³/mol. The van der Waals surface area contributed by atoms with Gasteiger partial charge in [-0.3, -0.25) is 9.59 Å². The highest BCUT2D eigenvalue weighted by Gasteiger charge is 2.46. The molecule has 0 bridgehead atoms. The van der Waals surface area contributed by atoms with Crippen molar-refractivity contribution in [2.24, 2.45) is 5.41 Å². The van der Waals surface area contributed by atoms with E-state index in [0.717, 1.165) is 51.9 Å². The van der Waals surface area contributed by atoms with Crippen LogP contribution in [0, 0.1) is 5.41 Å². The van der Waals surface area contributed by atoms with E-state index in [1.165, 1.54) is 0 Å². The predicted octanol–water partition coefficient (Wildman–Crippen LogP) is 0.636. The van der Waals surface area contributed by atoms with Gasteiger partial charge in [0.2, 0.25) is 5.91 Å². The first-order valence-corrected chi connectivity index (χ1v) is 7.26. The van der Waals surface area contributed by atoms with Crippen molar-refractivity contribution >= 4 is 11.8 Å². The molecule has 3 heterocycles. The van der Waals surface area contributed by atoms with Crippen LogP contribution < -0.4 is 0 Å². The number of hydrogen-bond donors (Lipinski definition) is 0. The number of carbonyl (C=O) groups excluding carboxylic acids is 2. The second-order valence-electron chi connectivity index (χ2n) is 6.20. The van der Waals surface area contributed by atoms with Crippen LogP contribution in [0.5, 0.6) is 0 Å². The van der Waals surface area contributed by atoms with E-state index >= 15 is 0 Å². The number of amides is 2. The van der Waals surface area contributed by atoms with Gasteiger partial charge in [-0.05, 0) is 25.7 Å². The molecule has 0 radical (unpaired) electrons. The number of ether oxygens (including phenoxy) is 1. The van der Waals surface area contributed by atoms with Crippen LogP contribution in [-0.2, 0) is 14.3 Å². The fourth-order valence-corrected chi connectivity index (χ4v) is 3.64. The molecular weight excluding hydrogens is 244 g/mol. The van der Waals surface area contributed by atoms with Crippen LogP contribution in [0.25, 0.3) is 0 Å². The molecule has 5 nitrogen and oxygen atoms in total. The Labute approximate surface area is 113 Å². The maximum absolute atomic E-state index is 12.3. The summed E-state index contributed by atoms with van der Waals surface area (Å²) in [5.41, 5.74) is 0.153. The van der Waals surface area contributed by atoms with Crippen LogP contribution >= 0.6 is 0 Å². The molecule has 1 spiro atoms. The monoisotopic (exact) mass is 266 g/mol. The zero-order valence-electron chi connectivity index (χ0n) is 11.6. The van der Waals surface area contributed by atoms with E-state index in [4.69, 9.17) is 4.74 Å². The van der Waals surface area contributed by atoms with E-state index in [0.29, 0.717) is 6.61 Å². The van der Waals surface area contributed by atoms with E-state index in [1.54, 1.807) is 6.92 Å². The molecule has 2 amide bonds. The van der Waals surface area contributed by atoms with Gasteiger partial charge in [-0.2, -0.15) is 0 Å². The summed E-state index contributed by atoms with van der Waals surface area (Å²) in [6.07, 6.45) is 3.70. The average molecular weight is 266 g/mol. The Morgan fingerprint density at radius 1 is 1.16 bits per heavy atom. The third-order valence-electron chi connectivity index (χ3n) is 4.84. The number of carbonyl (C=O) groups is 2. The summed E-state index contributed by atoms with van der Waals surface area (Å²) in [7, 11) is 0. The summed E-state index contributed by atoms with van der Waals surface area (Å²) >= 11 is 0. The van der Waals surface area contributed by atoms with Gasteiger partial charge in [-0.15, -0.1) is 0 Å². The molecular formula is C14H22N2O3. The Morgan fingerprint density at radius 2 is 1.84 bits per heavy atom. The molecule has 3 aliphatic heterocycles. The molecule has 19 heavy (non-hydrogen) atoms. The highest BCUT2D eigenvalue weighted by Crippen LogP contribution is 2.40. The van der Waals surface area contributed by atoms with Gasteiger partial charge in [0.25, 0.3) is 5.91 Å². The molecule has 0 aliphatic carbocycles. The third-order valence-corrected chi connectivity index (χ3v) is 4.84. The number of hydrogen-bond acceptors (Lipinski definition) is 3. The van der Waals surface area contributed by atoms with Crippen molar-refractivity contribution in [2.45, 2.75) is 38.7 Å². The zero-order chi connectivity index (χ0) is 13.5. The minimum Gasteiger partial charge on any atom is -0.368 e. The quantitative estimate of drug-likeness (QED) is 0.699. The van der Waals surface area contributed by atoms with Crippen molar-refractivity contribution < 1.29 is 14.3 Å². The van der Waals surface area contributed by atoms with Crippen molar-refractivity contribution in [1.82, 2.24) is 9.80 Å². The Morgan fingerprint density at radius 3 is 2.42 bits per heavy atom. The standard InChI is InChI=1S/C14H22N2O3/c1-11(17)15-6-4-14(9-15)5-7-16(10-14)13(18)12-3-2-8-19-12/h12H,2-10H2,1H3/t12-,14-/m0/s1. The number of nitrogens with zero attached hydrogens (tertiary/aromatic N) is 2. The lowest BCUT2D eigenvalue weighted by molar-refractivity contribution is -0.140. The van der Waals surface area contributed by atoms with Gasteiger partial charge in [0.1, 0.15) is 6.10 Å². The van der Waals surface area contributed by atoms with Crippen LogP contribution in [0.3, 0.4) is 0 Å². The number of likely N-dealkylation sites (tertiary alicyclic amines) is 2. The van der Waals surface area contributed by atoms with Crippen molar-refractivity contribution in [1.29, 1.82) is 0 Å². The lowest BCUT2D eigenvalue weighted by Crippen LogP contribution is -2.39.